The predicted octanol–water partition coefficient (Wildman–Crippen LogP) is 1.25. The maximum atomic E-state index is 7.36. The molecular formula is C11H12N6S. The Morgan fingerprint density at radius 1 is 1.28 bits per heavy atom. The second kappa shape index (κ2) is 4.46. The number of aromatic nitrogens is 2. The lowest BCUT2D eigenvalue weighted by molar-refractivity contribution is 1.17. The molecular weight excluding hydrogens is 248 g/mol. The summed E-state index contributed by atoms with van der Waals surface area (Å²) in [5.74, 6) is 0.174. The number of hydrogen-bond acceptors (Lipinski definition) is 5. The summed E-state index contributed by atoms with van der Waals surface area (Å²) < 4.78 is 0.399. The molecule has 1 aromatic heterocycles. The van der Waals surface area contributed by atoms with Crippen LogP contribution in [0.3, 0.4) is 0 Å². The summed E-state index contributed by atoms with van der Waals surface area (Å²) in [6.45, 7) is 0. The highest BCUT2D eigenvalue weighted by atomic mass is 32.1. The number of nitrogen functional groups attached to an aromatic ring is 3. The first-order valence-corrected chi connectivity index (χ1v) is 5.49. The molecule has 0 radical (unpaired) electrons. The van der Waals surface area contributed by atoms with Crippen LogP contribution in [0.25, 0.3) is 11.3 Å². The van der Waals surface area contributed by atoms with E-state index in [-0.39, 0.29) is 11.8 Å². The van der Waals surface area contributed by atoms with Crippen molar-refractivity contribution in [3.05, 3.63) is 34.5 Å². The van der Waals surface area contributed by atoms with Gasteiger partial charge < -0.3 is 22.2 Å². The first-order valence-electron chi connectivity index (χ1n) is 5.08. The molecule has 0 saturated heterocycles. The molecule has 0 aliphatic rings. The van der Waals surface area contributed by atoms with Gasteiger partial charge in [0, 0.05) is 16.8 Å². The van der Waals surface area contributed by atoms with Gasteiger partial charge >= 0.3 is 0 Å². The SMILES string of the molecule is N=C(N)c1ccc(-c2cc(=S)nc(N)[nH]2)cc1N. The van der Waals surface area contributed by atoms with Gasteiger partial charge in [-0.25, -0.2) is 4.98 Å². The Bertz CT molecular complexity index is 675. The van der Waals surface area contributed by atoms with Gasteiger partial charge in [-0.15, -0.1) is 0 Å². The van der Waals surface area contributed by atoms with Crippen molar-refractivity contribution in [2.75, 3.05) is 11.5 Å². The maximum Gasteiger partial charge on any atom is 0.199 e. The third kappa shape index (κ3) is 2.30. The molecule has 0 bridgehead atoms. The number of rotatable bonds is 2. The van der Waals surface area contributed by atoms with Crippen molar-refractivity contribution in [2.24, 2.45) is 5.73 Å². The molecule has 0 fully saturated rings. The summed E-state index contributed by atoms with van der Waals surface area (Å²) in [5.41, 5.74) is 19.3. The van der Waals surface area contributed by atoms with Gasteiger partial charge in [-0.3, -0.25) is 5.41 Å². The lowest BCUT2D eigenvalue weighted by Gasteiger charge is -2.07. The van der Waals surface area contributed by atoms with E-state index in [0.29, 0.717) is 21.6 Å². The number of anilines is 2. The zero-order valence-electron chi connectivity index (χ0n) is 9.40. The van der Waals surface area contributed by atoms with Crippen LogP contribution in [-0.2, 0) is 0 Å². The molecule has 2 rings (SSSR count). The Labute approximate surface area is 108 Å². The highest BCUT2D eigenvalue weighted by Crippen LogP contribution is 2.22. The van der Waals surface area contributed by atoms with Crippen molar-refractivity contribution in [3.8, 4) is 11.3 Å². The summed E-state index contributed by atoms with van der Waals surface area (Å²) in [5, 5.41) is 7.36. The van der Waals surface area contributed by atoms with E-state index in [2.05, 4.69) is 9.97 Å². The average Bonchev–Trinajstić information content (AvgIpc) is 2.26. The molecule has 2 aromatic rings. The van der Waals surface area contributed by atoms with Crippen molar-refractivity contribution in [1.82, 2.24) is 9.97 Å². The number of amidine groups is 1. The Balaban J connectivity index is 2.55. The fourth-order valence-electron chi connectivity index (χ4n) is 1.61. The van der Waals surface area contributed by atoms with E-state index in [1.165, 1.54) is 0 Å². The number of H-pyrrole nitrogens is 1. The third-order valence-corrected chi connectivity index (χ3v) is 2.62. The van der Waals surface area contributed by atoms with Crippen molar-refractivity contribution in [1.29, 1.82) is 5.41 Å². The summed E-state index contributed by atoms with van der Waals surface area (Å²) in [6, 6.07) is 6.86. The molecule has 92 valence electrons. The molecule has 18 heavy (non-hydrogen) atoms. The number of nitrogens with one attached hydrogen (secondary N) is 2. The van der Waals surface area contributed by atoms with Crippen LogP contribution in [0.2, 0.25) is 0 Å². The van der Waals surface area contributed by atoms with E-state index < -0.39 is 0 Å². The number of benzene rings is 1. The van der Waals surface area contributed by atoms with Crippen LogP contribution in [0.15, 0.2) is 24.3 Å². The Kier molecular flexibility index (Phi) is 2.99. The average molecular weight is 260 g/mol. The highest BCUT2D eigenvalue weighted by molar-refractivity contribution is 7.71. The van der Waals surface area contributed by atoms with Gasteiger partial charge in [0.25, 0.3) is 0 Å². The number of aromatic amines is 1. The van der Waals surface area contributed by atoms with Crippen molar-refractivity contribution in [3.63, 3.8) is 0 Å². The smallest absolute Gasteiger partial charge is 0.199 e. The lowest BCUT2D eigenvalue weighted by atomic mass is 10.1. The van der Waals surface area contributed by atoms with E-state index in [9.17, 15) is 0 Å². The van der Waals surface area contributed by atoms with Gasteiger partial charge in [0.15, 0.2) is 5.95 Å². The highest BCUT2D eigenvalue weighted by Gasteiger charge is 2.06. The molecule has 8 N–H and O–H groups in total. The lowest BCUT2D eigenvalue weighted by Crippen LogP contribution is -2.13. The zero-order chi connectivity index (χ0) is 13.3. The number of nitrogens with zero attached hydrogens (tertiary/aromatic N) is 1. The number of hydrogen-bond donors (Lipinski definition) is 5. The summed E-state index contributed by atoms with van der Waals surface area (Å²) in [4.78, 5) is 6.78. The van der Waals surface area contributed by atoms with Gasteiger partial charge in [0.2, 0.25) is 0 Å². The standard InChI is InChI=1S/C11H12N6S/c12-7-3-5(1-2-6(7)10(13)14)8-4-9(18)17-11(15)16-8/h1-4H,12H2,(H3,13,14)(H3,15,16,17,18). The molecule has 1 heterocycles. The Hall–Kier alpha value is -2.41. The molecule has 1 aromatic carbocycles. The van der Waals surface area contributed by atoms with Crippen LogP contribution in [0.4, 0.5) is 11.6 Å². The van der Waals surface area contributed by atoms with Gasteiger partial charge in [0.1, 0.15) is 10.5 Å². The second-order valence-electron chi connectivity index (χ2n) is 3.73. The molecule has 0 unspecified atom stereocenters. The molecule has 0 aliphatic carbocycles. The van der Waals surface area contributed by atoms with Crippen LogP contribution in [0.5, 0.6) is 0 Å². The second-order valence-corrected chi connectivity index (χ2v) is 4.15. The van der Waals surface area contributed by atoms with E-state index in [0.717, 1.165) is 5.56 Å². The third-order valence-electron chi connectivity index (χ3n) is 2.41. The van der Waals surface area contributed by atoms with Crippen molar-refractivity contribution in [2.45, 2.75) is 0 Å². The number of nitrogens with two attached hydrogens (primary N) is 3. The van der Waals surface area contributed by atoms with E-state index >= 15 is 0 Å². The zero-order valence-corrected chi connectivity index (χ0v) is 10.2. The quantitative estimate of drug-likeness (QED) is 0.240. The molecule has 7 heteroatoms. The van der Waals surface area contributed by atoms with E-state index in [4.69, 9.17) is 34.8 Å². The first kappa shape index (κ1) is 12.1. The monoisotopic (exact) mass is 260 g/mol. The van der Waals surface area contributed by atoms with Gasteiger partial charge in [-0.1, -0.05) is 18.3 Å². The molecule has 0 atom stereocenters. The minimum Gasteiger partial charge on any atom is -0.398 e. The minimum atomic E-state index is -0.0683. The van der Waals surface area contributed by atoms with Crippen LogP contribution in [-0.4, -0.2) is 15.8 Å². The molecule has 0 saturated carbocycles. The fourth-order valence-corrected chi connectivity index (χ4v) is 1.82. The van der Waals surface area contributed by atoms with Crippen LogP contribution in [0.1, 0.15) is 5.56 Å². The van der Waals surface area contributed by atoms with Crippen LogP contribution >= 0.6 is 12.2 Å². The van der Waals surface area contributed by atoms with E-state index in [1.807, 2.05) is 0 Å². The fraction of sp³-hybridized carbons (Fsp3) is 0. The predicted molar refractivity (Wildman–Crippen MR) is 74.7 cm³/mol. The Morgan fingerprint density at radius 3 is 2.56 bits per heavy atom. The summed E-state index contributed by atoms with van der Waals surface area (Å²) in [6.07, 6.45) is 0. The topological polar surface area (TPSA) is 131 Å². The minimum absolute atomic E-state index is 0.0683. The molecule has 0 aliphatic heterocycles. The van der Waals surface area contributed by atoms with Gasteiger partial charge in [-0.2, -0.15) is 0 Å². The Morgan fingerprint density at radius 2 is 2.00 bits per heavy atom. The van der Waals surface area contributed by atoms with Crippen LogP contribution < -0.4 is 17.2 Å². The largest absolute Gasteiger partial charge is 0.398 e. The molecule has 0 spiro atoms. The first-order chi connectivity index (χ1) is 8.47. The van der Waals surface area contributed by atoms with Gasteiger partial charge in [0.05, 0.1) is 5.69 Å². The summed E-state index contributed by atoms with van der Waals surface area (Å²) >= 11 is 4.99. The van der Waals surface area contributed by atoms with Gasteiger partial charge in [-0.05, 0) is 18.2 Å². The van der Waals surface area contributed by atoms with Crippen molar-refractivity contribution >= 4 is 29.7 Å². The molecule has 0 amide bonds. The van der Waals surface area contributed by atoms with Crippen molar-refractivity contribution < 1.29 is 0 Å². The van der Waals surface area contributed by atoms with E-state index in [1.54, 1.807) is 24.3 Å². The van der Waals surface area contributed by atoms with Crippen LogP contribution in [0, 0.1) is 10.0 Å². The maximum absolute atomic E-state index is 7.36. The summed E-state index contributed by atoms with van der Waals surface area (Å²) in [7, 11) is 0. The molecule has 6 nitrogen and oxygen atoms in total. The normalized spacial score (nSPS) is 10.2.